The summed E-state index contributed by atoms with van der Waals surface area (Å²) in [5.41, 5.74) is 10.2. The summed E-state index contributed by atoms with van der Waals surface area (Å²) >= 11 is 0. The zero-order chi connectivity index (χ0) is 19.0. The van der Waals surface area contributed by atoms with Crippen LogP contribution >= 0.6 is 0 Å². The van der Waals surface area contributed by atoms with E-state index in [1.165, 1.54) is 5.56 Å². The van der Waals surface area contributed by atoms with Crippen LogP contribution in [0.25, 0.3) is 22.3 Å². The molecule has 0 unspecified atom stereocenters. The minimum absolute atomic E-state index is 0.494. The van der Waals surface area contributed by atoms with Gasteiger partial charge in [0, 0.05) is 32.2 Å². The van der Waals surface area contributed by atoms with E-state index in [0.29, 0.717) is 17.4 Å². The normalized spacial score (nSPS) is 15.5. The first-order valence-corrected chi connectivity index (χ1v) is 9.61. The smallest absolute Gasteiger partial charge is 0.228 e. The van der Waals surface area contributed by atoms with Crippen LogP contribution in [-0.2, 0) is 7.05 Å². The van der Waals surface area contributed by atoms with Crippen molar-refractivity contribution in [2.24, 2.45) is 7.05 Å². The molecule has 1 aromatic carbocycles. The third-order valence-electron chi connectivity index (χ3n) is 5.20. The molecule has 1 aliphatic heterocycles. The first kappa shape index (κ1) is 17.7. The van der Waals surface area contributed by atoms with E-state index in [9.17, 15) is 0 Å². The molecule has 7 heteroatoms. The Bertz CT molecular complexity index is 935. The summed E-state index contributed by atoms with van der Waals surface area (Å²) < 4.78 is 1.68. The number of hydrogen-bond donors (Lipinski definition) is 2. The number of aromatic nitrogens is 4. The molecule has 1 aliphatic rings. The fraction of sp³-hybridized carbons (Fsp3) is 0.450. The summed E-state index contributed by atoms with van der Waals surface area (Å²) in [5, 5.41) is 8.77. The Morgan fingerprint density at radius 1 is 1.07 bits per heavy atom. The summed E-state index contributed by atoms with van der Waals surface area (Å²) in [5.74, 6) is 1.82. The zero-order valence-corrected chi connectivity index (χ0v) is 16.2. The summed E-state index contributed by atoms with van der Waals surface area (Å²) in [4.78, 5) is 11.9. The molecular weight excluding hydrogens is 338 g/mol. The second-order valence-corrected chi connectivity index (χ2v) is 7.45. The lowest BCUT2D eigenvalue weighted by atomic mass is 10.00. The summed E-state index contributed by atoms with van der Waals surface area (Å²) in [6, 6.07) is 8.57. The predicted octanol–water partition coefficient (Wildman–Crippen LogP) is 2.54. The number of hydrogen-bond acceptors (Lipinski definition) is 6. The number of fused-ring (bicyclic) bond motifs is 1. The number of nitrogen functional groups attached to an aromatic ring is 1. The van der Waals surface area contributed by atoms with Crippen LogP contribution in [0.5, 0.6) is 0 Å². The monoisotopic (exact) mass is 365 g/mol. The predicted molar refractivity (Wildman–Crippen MR) is 110 cm³/mol. The fourth-order valence-corrected chi connectivity index (χ4v) is 3.53. The Labute approximate surface area is 159 Å². The topological polar surface area (TPSA) is 84.9 Å². The fourth-order valence-electron chi connectivity index (χ4n) is 3.53. The molecule has 0 radical (unpaired) electrons. The summed E-state index contributed by atoms with van der Waals surface area (Å²) in [6.07, 6.45) is 1.07. The van der Waals surface area contributed by atoms with Crippen molar-refractivity contribution in [1.82, 2.24) is 25.1 Å². The summed E-state index contributed by atoms with van der Waals surface area (Å²) in [7, 11) is 1.85. The maximum absolute atomic E-state index is 6.30. The van der Waals surface area contributed by atoms with Crippen LogP contribution in [0.2, 0.25) is 0 Å². The standard InChI is InChI=1S/C20H27N7/c1-13(2)14-5-7-15(8-6-14)17-16-18(21)26(3)25-19(16)24-20(23-17)27-11-4-9-22-10-12-27/h5-8,13,22H,4,9-12,21H2,1-3H3. The van der Waals surface area contributed by atoms with Gasteiger partial charge in [0.25, 0.3) is 0 Å². The number of aryl methyl sites for hydroxylation is 1. The zero-order valence-electron chi connectivity index (χ0n) is 16.2. The first-order chi connectivity index (χ1) is 13.0. The van der Waals surface area contributed by atoms with Crippen molar-refractivity contribution in [3.05, 3.63) is 29.8 Å². The van der Waals surface area contributed by atoms with Gasteiger partial charge in [-0.2, -0.15) is 10.1 Å². The van der Waals surface area contributed by atoms with Gasteiger partial charge in [0.2, 0.25) is 5.95 Å². The van der Waals surface area contributed by atoms with Crippen molar-refractivity contribution in [3.63, 3.8) is 0 Å². The molecule has 1 saturated heterocycles. The van der Waals surface area contributed by atoms with Crippen LogP contribution in [-0.4, -0.2) is 45.9 Å². The van der Waals surface area contributed by atoms with E-state index < -0.39 is 0 Å². The van der Waals surface area contributed by atoms with E-state index in [2.05, 4.69) is 53.4 Å². The highest BCUT2D eigenvalue weighted by Gasteiger charge is 2.20. The molecule has 27 heavy (non-hydrogen) atoms. The van der Waals surface area contributed by atoms with Crippen molar-refractivity contribution < 1.29 is 0 Å². The lowest BCUT2D eigenvalue weighted by Crippen LogP contribution is -2.29. The quantitative estimate of drug-likeness (QED) is 0.742. The molecule has 0 atom stereocenters. The molecule has 3 heterocycles. The SMILES string of the molecule is CC(C)c1ccc(-c2nc(N3CCCNCC3)nc3nn(C)c(N)c23)cc1. The van der Waals surface area contributed by atoms with Crippen LogP contribution in [0.15, 0.2) is 24.3 Å². The Morgan fingerprint density at radius 2 is 1.85 bits per heavy atom. The lowest BCUT2D eigenvalue weighted by Gasteiger charge is -2.20. The third kappa shape index (κ3) is 3.35. The van der Waals surface area contributed by atoms with E-state index in [-0.39, 0.29) is 0 Å². The lowest BCUT2D eigenvalue weighted by molar-refractivity contribution is 0.724. The van der Waals surface area contributed by atoms with Gasteiger partial charge in [-0.05, 0) is 24.4 Å². The van der Waals surface area contributed by atoms with Crippen LogP contribution in [0, 0.1) is 0 Å². The van der Waals surface area contributed by atoms with Crippen LogP contribution in [0.3, 0.4) is 0 Å². The molecule has 1 fully saturated rings. The van der Waals surface area contributed by atoms with Gasteiger partial charge < -0.3 is 16.0 Å². The van der Waals surface area contributed by atoms with Crippen molar-refractivity contribution in [3.8, 4) is 11.3 Å². The number of nitrogens with zero attached hydrogens (tertiary/aromatic N) is 5. The second kappa shape index (κ2) is 7.15. The minimum Gasteiger partial charge on any atom is -0.383 e. The number of nitrogens with two attached hydrogens (primary N) is 1. The van der Waals surface area contributed by atoms with E-state index >= 15 is 0 Å². The minimum atomic E-state index is 0.494. The molecule has 142 valence electrons. The Morgan fingerprint density at radius 3 is 2.59 bits per heavy atom. The van der Waals surface area contributed by atoms with Gasteiger partial charge in [0.15, 0.2) is 5.65 Å². The van der Waals surface area contributed by atoms with Crippen LogP contribution < -0.4 is 16.0 Å². The maximum atomic E-state index is 6.30. The number of benzene rings is 1. The molecule has 3 N–H and O–H groups in total. The van der Waals surface area contributed by atoms with Crippen molar-refractivity contribution in [2.75, 3.05) is 36.8 Å². The molecule has 0 spiro atoms. The van der Waals surface area contributed by atoms with Gasteiger partial charge in [-0.3, -0.25) is 4.68 Å². The Hall–Kier alpha value is -2.67. The first-order valence-electron chi connectivity index (χ1n) is 9.61. The average Bonchev–Trinajstić information content (AvgIpc) is 2.85. The molecule has 0 bridgehead atoms. The van der Waals surface area contributed by atoms with Gasteiger partial charge >= 0.3 is 0 Å². The van der Waals surface area contributed by atoms with Gasteiger partial charge in [-0.15, -0.1) is 0 Å². The van der Waals surface area contributed by atoms with E-state index in [1.54, 1.807) is 4.68 Å². The van der Waals surface area contributed by atoms with Crippen molar-refractivity contribution in [1.29, 1.82) is 0 Å². The highest BCUT2D eigenvalue weighted by molar-refractivity contribution is 5.98. The Kier molecular flexibility index (Phi) is 4.70. The van der Waals surface area contributed by atoms with Crippen molar-refractivity contribution in [2.45, 2.75) is 26.2 Å². The Balaban J connectivity index is 1.86. The number of nitrogens with one attached hydrogen (secondary N) is 1. The largest absolute Gasteiger partial charge is 0.383 e. The molecule has 0 amide bonds. The van der Waals surface area contributed by atoms with Gasteiger partial charge in [-0.1, -0.05) is 38.1 Å². The highest BCUT2D eigenvalue weighted by atomic mass is 15.3. The van der Waals surface area contributed by atoms with Crippen molar-refractivity contribution >= 4 is 22.8 Å². The molecule has 0 saturated carbocycles. The average molecular weight is 365 g/mol. The third-order valence-corrected chi connectivity index (χ3v) is 5.20. The van der Waals surface area contributed by atoms with Gasteiger partial charge in [0.05, 0.1) is 11.1 Å². The molecule has 2 aromatic heterocycles. The van der Waals surface area contributed by atoms with Crippen LogP contribution in [0.4, 0.5) is 11.8 Å². The van der Waals surface area contributed by atoms with E-state index in [4.69, 9.17) is 15.7 Å². The number of anilines is 2. The van der Waals surface area contributed by atoms with Gasteiger partial charge in [-0.25, -0.2) is 4.98 Å². The second-order valence-electron chi connectivity index (χ2n) is 7.45. The maximum Gasteiger partial charge on any atom is 0.228 e. The van der Waals surface area contributed by atoms with Gasteiger partial charge in [0.1, 0.15) is 5.82 Å². The molecule has 3 aromatic rings. The molecule has 7 nitrogen and oxygen atoms in total. The highest BCUT2D eigenvalue weighted by Crippen LogP contribution is 2.32. The van der Waals surface area contributed by atoms with Crippen LogP contribution in [0.1, 0.15) is 31.7 Å². The summed E-state index contributed by atoms with van der Waals surface area (Å²) in [6.45, 7) is 8.18. The molecule has 4 rings (SSSR count). The number of rotatable bonds is 3. The molecular formula is C20H27N7. The van der Waals surface area contributed by atoms with E-state index in [0.717, 1.165) is 55.2 Å². The molecule has 0 aliphatic carbocycles. The van der Waals surface area contributed by atoms with E-state index in [1.807, 2.05) is 7.05 Å².